The molecular formula is C13H23N3OS. The molecule has 1 heterocycles. The number of rotatable bonds is 5. The third-order valence-electron chi connectivity index (χ3n) is 2.40. The number of nitrogens with zero attached hydrogens (tertiary/aromatic N) is 1. The lowest BCUT2D eigenvalue weighted by Crippen LogP contribution is -2.41. The Balaban J connectivity index is 2.27. The van der Waals surface area contributed by atoms with Gasteiger partial charge in [-0.15, -0.1) is 11.3 Å². The summed E-state index contributed by atoms with van der Waals surface area (Å²) in [6.07, 6.45) is 0.491. The standard InChI is InChI=1S/C13H23N3OS/c1-9(11-8-18-10(2)15-11)14-7-6-12(17)16-13(3,4)5/h8-9,14H,6-7H2,1-5H3,(H,16,17). The van der Waals surface area contributed by atoms with Crippen LogP contribution in [0.25, 0.3) is 0 Å². The van der Waals surface area contributed by atoms with Gasteiger partial charge in [-0.3, -0.25) is 4.79 Å². The Kier molecular flexibility index (Phi) is 5.28. The van der Waals surface area contributed by atoms with Gasteiger partial charge in [0.25, 0.3) is 0 Å². The first-order valence-electron chi connectivity index (χ1n) is 6.24. The molecule has 1 unspecified atom stereocenters. The van der Waals surface area contributed by atoms with Crippen molar-refractivity contribution in [1.29, 1.82) is 0 Å². The molecule has 0 aliphatic heterocycles. The summed E-state index contributed by atoms with van der Waals surface area (Å²) in [6.45, 7) is 10.7. The highest BCUT2D eigenvalue weighted by Crippen LogP contribution is 2.15. The van der Waals surface area contributed by atoms with E-state index in [0.717, 1.165) is 10.7 Å². The number of aryl methyl sites for hydroxylation is 1. The molecule has 0 aliphatic carbocycles. The van der Waals surface area contributed by atoms with Gasteiger partial charge in [0, 0.05) is 29.9 Å². The fourth-order valence-corrected chi connectivity index (χ4v) is 2.27. The van der Waals surface area contributed by atoms with Gasteiger partial charge in [-0.1, -0.05) is 0 Å². The number of hydrogen-bond donors (Lipinski definition) is 2. The Labute approximate surface area is 113 Å². The fourth-order valence-electron chi connectivity index (χ4n) is 1.57. The molecule has 0 spiro atoms. The molecule has 1 aromatic rings. The molecule has 0 bridgehead atoms. The normalized spacial score (nSPS) is 13.4. The molecule has 0 fully saturated rings. The zero-order chi connectivity index (χ0) is 13.8. The number of carbonyl (C=O) groups excluding carboxylic acids is 1. The molecule has 0 aliphatic rings. The smallest absolute Gasteiger partial charge is 0.221 e. The van der Waals surface area contributed by atoms with Crippen LogP contribution in [-0.4, -0.2) is 23.0 Å². The average Bonchev–Trinajstić information content (AvgIpc) is 2.62. The molecule has 0 saturated carbocycles. The van der Waals surface area contributed by atoms with Crippen LogP contribution in [0.4, 0.5) is 0 Å². The lowest BCUT2D eigenvalue weighted by Gasteiger charge is -2.20. The van der Waals surface area contributed by atoms with Gasteiger partial charge in [-0.05, 0) is 34.6 Å². The molecule has 18 heavy (non-hydrogen) atoms. The molecule has 102 valence electrons. The molecule has 1 amide bonds. The molecule has 4 nitrogen and oxygen atoms in total. The van der Waals surface area contributed by atoms with Gasteiger partial charge in [0.2, 0.25) is 5.91 Å². The van der Waals surface area contributed by atoms with Crippen molar-refractivity contribution < 1.29 is 4.79 Å². The van der Waals surface area contributed by atoms with E-state index in [1.165, 1.54) is 0 Å². The maximum Gasteiger partial charge on any atom is 0.221 e. The predicted molar refractivity (Wildman–Crippen MR) is 75.8 cm³/mol. The Morgan fingerprint density at radius 3 is 2.67 bits per heavy atom. The number of hydrogen-bond acceptors (Lipinski definition) is 4. The van der Waals surface area contributed by atoms with Crippen molar-refractivity contribution in [3.63, 3.8) is 0 Å². The first-order chi connectivity index (χ1) is 8.28. The molecule has 1 atom stereocenters. The third-order valence-corrected chi connectivity index (χ3v) is 3.19. The minimum atomic E-state index is -0.158. The van der Waals surface area contributed by atoms with E-state index in [2.05, 4.69) is 27.9 Å². The van der Waals surface area contributed by atoms with Gasteiger partial charge >= 0.3 is 0 Å². The second-order valence-electron chi connectivity index (χ2n) is 5.52. The van der Waals surface area contributed by atoms with Gasteiger partial charge in [-0.25, -0.2) is 4.98 Å². The summed E-state index contributed by atoms with van der Waals surface area (Å²) >= 11 is 1.65. The van der Waals surface area contributed by atoms with Crippen molar-refractivity contribution in [3.05, 3.63) is 16.1 Å². The average molecular weight is 269 g/mol. The van der Waals surface area contributed by atoms with Crippen molar-refractivity contribution in [3.8, 4) is 0 Å². The number of nitrogens with one attached hydrogen (secondary N) is 2. The molecule has 0 saturated heterocycles. The van der Waals surface area contributed by atoms with Gasteiger partial charge in [-0.2, -0.15) is 0 Å². The molecule has 5 heteroatoms. The Bertz CT molecular complexity index is 395. The van der Waals surface area contributed by atoms with Crippen LogP contribution in [0.5, 0.6) is 0 Å². The van der Waals surface area contributed by atoms with Crippen molar-refractivity contribution in [1.82, 2.24) is 15.6 Å². The van der Waals surface area contributed by atoms with Gasteiger partial charge in [0.15, 0.2) is 0 Å². The third kappa shape index (κ3) is 5.60. The molecule has 2 N–H and O–H groups in total. The molecule has 0 radical (unpaired) electrons. The highest BCUT2D eigenvalue weighted by Gasteiger charge is 2.14. The quantitative estimate of drug-likeness (QED) is 0.863. The summed E-state index contributed by atoms with van der Waals surface area (Å²) in [6, 6.07) is 0.192. The highest BCUT2D eigenvalue weighted by molar-refractivity contribution is 7.09. The topological polar surface area (TPSA) is 54.0 Å². The maximum absolute atomic E-state index is 11.6. The van der Waals surface area contributed by atoms with E-state index in [1.807, 2.05) is 27.7 Å². The number of aromatic nitrogens is 1. The van der Waals surface area contributed by atoms with Crippen molar-refractivity contribution in [2.75, 3.05) is 6.54 Å². The summed E-state index contributed by atoms with van der Waals surface area (Å²) in [5.41, 5.74) is 0.892. The Hall–Kier alpha value is -0.940. The van der Waals surface area contributed by atoms with Crippen LogP contribution >= 0.6 is 11.3 Å². The van der Waals surface area contributed by atoms with Crippen molar-refractivity contribution in [2.45, 2.75) is 52.6 Å². The zero-order valence-corrected chi connectivity index (χ0v) is 12.6. The second kappa shape index (κ2) is 6.29. The van der Waals surface area contributed by atoms with Gasteiger partial charge < -0.3 is 10.6 Å². The van der Waals surface area contributed by atoms with E-state index in [1.54, 1.807) is 11.3 Å². The van der Waals surface area contributed by atoms with E-state index in [4.69, 9.17) is 0 Å². The van der Waals surface area contributed by atoms with Crippen LogP contribution in [0, 0.1) is 6.92 Å². The van der Waals surface area contributed by atoms with E-state index in [9.17, 15) is 4.79 Å². The van der Waals surface area contributed by atoms with Crippen LogP contribution in [-0.2, 0) is 4.79 Å². The van der Waals surface area contributed by atoms with Crippen LogP contribution in [0.3, 0.4) is 0 Å². The lowest BCUT2D eigenvalue weighted by molar-refractivity contribution is -0.122. The minimum Gasteiger partial charge on any atom is -0.351 e. The summed E-state index contributed by atoms with van der Waals surface area (Å²) in [4.78, 5) is 16.0. The Morgan fingerprint density at radius 2 is 2.17 bits per heavy atom. The van der Waals surface area contributed by atoms with Gasteiger partial charge in [0.05, 0.1) is 10.7 Å². The van der Waals surface area contributed by atoms with E-state index < -0.39 is 0 Å². The summed E-state index contributed by atoms with van der Waals surface area (Å²) in [5.74, 6) is 0.0802. The largest absolute Gasteiger partial charge is 0.351 e. The summed E-state index contributed by atoms with van der Waals surface area (Å²) in [5, 5.41) is 9.39. The number of carbonyl (C=O) groups is 1. The molecular weight excluding hydrogens is 246 g/mol. The van der Waals surface area contributed by atoms with Crippen molar-refractivity contribution in [2.24, 2.45) is 0 Å². The van der Waals surface area contributed by atoms with Crippen molar-refractivity contribution >= 4 is 17.2 Å². The first kappa shape index (κ1) is 15.1. The van der Waals surface area contributed by atoms with E-state index in [-0.39, 0.29) is 17.5 Å². The monoisotopic (exact) mass is 269 g/mol. The number of amides is 1. The molecule has 1 rings (SSSR count). The van der Waals surface area contributed by atoms with Crippen LogP contribution in [0.1, 0.15) is 50.9 Å². The highest BCUT2D eigenvalue weighted by atomic mass is 32.1. The SMILES string of the molecule is Cc1nc(C(C)NCCC(=O)NC(C)(C)C)cs1. The lowest BCUT2D eigenvalue weighted by atomic mass is 10.1. The van der Waals surface area contributed by atoms with Crippen LogP contribution < -0.4 is 10.6 Å². The zero-order valence-electron chi connectivity index (χ0n) is 11.8. The Morgan fingerprint density at radius 1 is 1.50 bits per heavy atom. The second-order valence-corrected chi connectivity index (χ2v) is 6.58. The first-order valence-corrected chi connectivity index (χ1v) is 7.12. The number of thiazole rings is 1. The van der Waals surface area contributed by atoms with Gasteiger partial charge in [0.1, 0.15) is 0 Å². The summed E-state index contributed by atoms with van der Waals surface area (Å²) < 4.78 is 0. The summed E-state index contributed by atoms with van der Waals surface area (Å²) in [7, 11) is 0. The van der Waals surface area contributed by atoms with Crippen LogP contribution in [0.15, 0.2) is 5.38 Å². The fraction of sp³-hybridized carbons (Fsp3) is 0.692. The van der Waals surface area contributed by atoms with Crippen LogP contribution in [0.2, 0.25) is 0 Å². The predicted octanol–water partition coefficient (Wildman–Crippen LogP) is 2.41. The van der Waals surface area contributed by atoms with E-state index >= 15 is 0 Å². The minimum absolute atomic E-state index is 0.0802. The van der Waals surface area contributed by atoms with E-state index in [0.29, 0.717) is 13.0 Å². The molecule has 1 aromatic heterocycles. The molecule has 0 aromatic carbocycles. The maximum atomic E-state index is 11.6.